The summed E-state index contributed by atoms with van der Waals surface area (Å²) in [7, 11) is 2.07. The van der Waals surface area contributed by atoms with Crippen LogP contribution in [0, 0.1) is 0 Å². The molecule has 0 bridgehead atoms. The first kappa shape index (κ1) is 37.6. The highest BCUT2D eigenvalue weighted by Gasteiger charge is 2.27. The van der Waals surface area contributed by atoms with E-state index in [0.29, 0.717) is 23.3 Å². The molecule has 0 N–H and O–H groups in total. The molecule has 1 atom stereocenters. The number of aromatic nitrogens is 3. The minimum atomic E-state index is -0.252. The Kier molecular flexibility index (Phi) is 9.71. The fourth-order valence-electron chi connectivity index (χ4n) is 8.75. The van der Waals surface area contributed by atoms with E-state index < -0.39 is 0 Å². The van der Waals surface area contributed by atoms with Crippen molar-refractivity contribution >= 4 is 33.2 Å². The first-order chi connectivity index (χ1) is 31.2. The van der Waals surface area contributed by atoms with Crippen molar-refractivity contribution in [1.29, 1.82) is 0 Å². The van der Waals surface area contributed by atoms with Gasteiger partial charge in [0.1, 0.15) is 12.0 Å². The fraction of sp³-hybridized carbons (Fsp3) is 0.0351. The average Bonchev–Trinajstić information content (AvgIpc) is 3.37. The van der Waals surface area contributed by atoms with E-state index in [-0.39, 0.29) is 6.17 Å². The van der Waals surface area contributed by atoms with E-state index >= 15 is 0 Å². The van der Waals surface area contributed by atoms with Crippen LogP contribution in [-0.2, 0) is 0 Å². The maximum absolute atomic E-state index is 5.35. The van der Waals surface area contributed by atoms with Gasteiger partial charge >= 0.3 is 0 Å². The molecule has 1 unspecified atom stereocenters. The van der Waals surface area contributed by atoms with Gasteiger partial charge in [0, 0.05) is 34.9 Å². The Balaban J connectivity index is 1.11. The van der Waals surface area contributed by atoms with Crippen molar-refractivity contribution in [3.8, 4) is 56.4 Å². The lowest BCUT2D eigenvalue weighted by molar-refractivity contribution is 0.383. The standard InChI is InChI=1S/C57H40N6/c1-63-56(40-24-10-4-11-25-40)61-55(62-57(63)41-26-12-5-13-27-41)45-31-19-29-43(37-45)51-49-35-17-15-33-47(49)46-32-14-16-34-48(46)50(51)42-28-18-30-44(36-42)54-59-52(38-20-6-2-7-21-38)58-53(60-54)39-22-8-3-9-23-39/h2-37,56H,1H3. The second kappa shape index (κ2) is 16.3. The molecular weight excluding hydrogens is 769 g/mol. The van der Waals surface area contributed by atoms with E-state index in [4.69, 9.17) is 24.9 Å². The topological polar surface area (TPSA) is 66.6 Å². The summed E-state index contributed by atoms with van der Waals surface area (Å²) in [6.07, 6.45) is -0.252. The molecule has 0 saturated heterocycles. The number of aliphatic imine (C=N–C) groups is 2. The molecule has 0 amide bonds. The number of amidine groups is 2. The van der Waals surface area contributed by atoms with Gasteiger partial charge in [-0.1, -0.05) is 206 Å². The second-order valence-electron chi connectivity index (χ2n) is 15.7. The highest BCUT2D eigenvalue weighted by atomic mass is 15.3. The first-order valence-corrected chi connectivity index (χ1v) is 21.2. The predicted molar refractivity (Wildman–Crippen MR) is 258 cm³/mol. The third-order valence-corrected chi connectivity index (χ3v) is 11.7. The molecule has 0 spiro atoms. The fourth-order valence-corrected chi connectivity index (χ4v) is 8.75. The van der Waals surface area contributed by atoms with Gasteiger partial charge in [0.05, 0.1) is 0 Å². The Labute approximate surface area is 366 Å². The molecule has 63 heavy (non-hydrogen) atoms. The lowest BCUT2D eigenvalue weighted by Crippen LogP contribution is -2.35. The molecule has 0 saturated carbocycles. The molecule has 1 aliphatic rings. The molecule has 6 nitrogen and oxygen atoms in total. The first-order valence-electron chi connectivity index (χ1n) is 21.2. The largest absolute Gasteiger partial charge is 0.333 e. The van der Waals surface area contributed by atoms with Gasteiger partial charge in [0.15, 0.2) is 23.3 Å². The zero-order valence-electron chi connectivity index (χ0n) is 34.5. The highest BCUT2D eigenvalue weighted by molar-refractivity contribution is 6.22. The molecule has 6 heteroatoms. The van der Waals surface area contributed by atoms with Gasteiger partial charge in [-0.3, -0.25) is 0 Å². The summed E-state index contributed by atoms with van der Waals surface area (Å²) in [5, 5.41) is 4.70. The zero-order chi connectivity index (χ0) is 42.1. The summed E-state index contributed by atoms with van der Waals surface area (Å²) in [5.41, 5.74) is 10.2. The van der Waals surface area contributed by atoms with E-state index in [1.807, 2.05) is 72.8 Å². The summed E-state index contributed by atoms with van der Waals surface area (Å²) >= 11 is 0. The lowest BCUT2D eigenvalue weighted by Gasteiger charge is -2.32. The molecule has 0 fully saturated rings. The Bertz CT molecular complexity index is 3290. The van der Waals surface area contributed by atoms with Crippen molar-refractivity contribution in [2.75, 3.05) is 7.05 Å². The van der Waals surface area contributed by atoms with Gasteiger partial charge in [-0.15, -0.1) is 0 Å². The summed E-state index contributed by atoms with van der Waals surface area (Å²) in [6.45, 7) is 0. The van der Waals surface area contributed by atoms with Crippen molar-refractivity contribution in [2.45, 2.75) is 6.17 Å². The molecule has 0 radical (unpaired) electrons. The number of hydrogen-bond donors (Lipinski definition) is 0. The van der Waals surface area contributed by atoms with Gasteiger partial charge < -0.3 is 4.90 Å². The van der Waals surface area contributed by atoms with Gasteiger partial charge in [0.25, 0.3) is 0 Å². The maximum atomic E-state index is 5.35. The Morgan fingerprint density at radius 1 is 0.349 bits per heavy atom. The van der Waals surface area contributed by atoms with Crippen molar-refractivity contribution in [2.24, 2.45) is 9.98 Å². The molecule has 11 rings (SSSR count). The molecule has 10 aromatic rings. The quantitative estimate of drug-likeness (QED) is 0.143. The predicted octanol–water partition coefficient (Wildman–Crippen LogP) is 13.4. The van der Waals surface area contributed by atoms with Gasteiger partial charge in [-0.2, -0.15) is 0 Å². The van der Waals surface area contributed by atoms with E-state index in [9.17, 15) is 0 Å². The molecule has 1 aliphatic heterocycles. The van der Waals surface area contributed by atoms with E-state index in [2.05, 4.69) is 158 Å². The molecule has 9 aromatic carbocycles. The van der Waals surface area contributed by atoms with Crippen LogP contribution in [0.5, 0.6) is 0 Å². The number of benzene rings is 9. The SMILES string of the molecule is CN1C(c2ccccc2)=NC(c2cccc(-c3c(-c4cccc(-c5nc(-c6ccccc6)nc(-c6ccccc6)n5)c4)c4ccccc4c4ccccc34)c2)=NC1c1ccccc1. The van der Waals surface area contributed by atoms with Crippen LogP contribution in [0.2, 0.25) is 0 Å². The number of fused-ring (bicyclic) bond motifs is 3. The van der Waals surface area contributed by atoms with Gasteiger partial charge in [0.2, 0.25) is 0 Å². The van der Waals surface area contributed by atoms with E-state index in [1.54, 1.807) is 0 Å². The summed E-state index contributed by atoms with van der Waals surface area (Å²) in [5.74, 6) is 3.43. The van der Waals surface area contributed by atoms with Crippen molar-refractivity contribution in [1.82, 2.24) is 19.9 Å². The monoisotopic (exact) mass is 808 g/mol. The minimum absolute atomic E-state index is 0.252. The van der Waals surface area contributed by atoms with Crippen molar-refractivity contribution < 1.29 is 0 Å². The number of nitrogens with zero attached hydrogens (tertiary/aromatic N) is 6. The molecule has 2 heterocycles. The molecular formula is C57H40N6. The van der Waals surface area contributed by atoms with Gasteiger partial charge in [-0.25, -0.2) is 24.9 Å². The Hall–Kier alpha value is -8.35. The second-order valence-corrected chi connectivity index (χ2v) is 15.7. The van der Waals surface area contributed by atoms with Crippen LogP contribution in [0.15, 0.2) is 228 Å². The van der Waals surface area contributed by atoms with E-state index in [1.165, 1.54) is 10.8 Å². The van der Waals surface area contributed by atoms with Crippen LogP contribution in [-0.4, -0.2) is 38.6 Å². The molecule has 0 aliphatic carbocycles. The normalized spacial score (nSPS) is 13.8. The van der Waals surface area contributed by atoms with Crippen LogP contribution in [0.1, 0.15) is 22.9 Å². The molecule has 1 aromatic heterocycles. The van der Waals surface area contributed by atoms with Crippen molar-refractivity contribution in [3.63, 3.8) is 0 Å². The van der Waals surface area contributed by atoms with Crippen LogP contribution in [0.3, 0.4) is 0 Å². The van der Waals surface area contributed by atoms with E-state index in [0.717, 1.165) is 72.2 Å². The Morgan fingerprint density at radius 2 is 0.730 bits per heavy atom. The smallest absolute Gasteiger partial charge is 0.164 e. The van der Waals surface area contributed by atoms with Crippen LogP contribution in [0.4, 0.5) is 0 Å². The van der Waals surface area contributed by atoms with Crippen LogP contribution >= 0.6 is 0 Å². The van der Waals surface area contributed by atoms with Crippen LogP contribution < -0.4 is 0 Å². The Morgan fingerprint density at radius 3 is 1.25 bits per heavy atom. The summed E-state index contributed by atoms with van der Waals surface area (Å²) in [6, 6.07) is 75.9. The van der Waals surface area contributed by atoms with Crippen molar-refractivity contribution in [3.05, 3.63) is 235 Å². The minimum Gasteiger partial charge on any atom is -0.333 e. The van der Waals surface area contributed by atoms with Crippen LogP contribution in [0.25, 0.3) is 78.0 Å². The summed E-state index contributed by atoms with van der Waals surface area (Å²) < 4.78 is 0. The molecule has 298 valence electrons. The third-order valence-electron chi connectivity index (χ3n) is 11.7. The maximum Gasteiger partial charge on any atom is 0.164 e. The zero-order valence-corrected chi connectivity index (χ0v) is 34.5. The average molecular weight is 809 g/mol. The number of hydrogen-bond acceptors (Lipinski definition) is 6. The van der Waals surface area contributed by atoms with Gasteiger partial charge in [-0.05, 0) is 61.5 Å². The lowest BCUT2D eigenvalue weighted by atomic mass is 9.84. The number of rotatable bonds is 8. The summed E-state index contributed by atoms with van der Waals surface area (Å²) in [4.78, 5) is 28.0. The highest BCUT2D eigenvalue weighted by Crippen LogP contribution is 2.45. The third kappa shape index (κ3) is 7.13.